The number of hydrogen-bond acceptors (Lipinski definition) is 5. The summed E-state index contributed by atoms with van der Waals surface area (Å²) in [6.07, 6.45) is 7.08. The van der Waals surface area contributed by atoms with Crippen molar-refractivity contribution in [2.24, 2.45) is 5.10 Å². The molecule has 3 aromatic rings. The van der Waals surface area contributed by atoms with Crippen molar-refractivity contribution >= 4 is 18.2 Å². The molecule has 0 radical (unpaired) electrons. The van der Waals surface area contributed by atoms with E-state index in [0.29, 0.717) is 5.95 Å². The Labute approximate surface area is 134 Å². The lowest BCUT2D eigenvalue weighted by Gasteiger charge is -2.01. The number of hydrazone groups is 1. The summed E-state index contributed by atoms with van der Waals surface area (Å²) in [4.78, 5) is 4.38. The van der Waals surface area contributed by atoms with Crippen molar-refractivity contribution in [1.29, 1.82) is 0 Å². The number of anilines is 1. The average molecular weight is 301 g/mol. The van der Waals surface area contributed by atoms with Crippen molar-refractivity contribution in [3.05, 3.63) is 78.5 Å². The smallest absolute Gasteiger partial charge is 0.244 e. The van der Waals surface area contributed by atoms with E-state index in [9.17, 15) is 0 Å². The van der Waals surface area contributed by atoms with Gasteiger partial charge >= 0.3 is 0 Å². The second-order valence-electron chi connectivity index (χ2n) is 4.69. The Balaban J connectivity index is 1.62. The minimum Gasteiger partial charge on any atom is -0.244 e. The van der Waals surface area contributed by atoms with Crippen molar-refractivity contribution in [3.63, 3.8) is 0 Å². The zero-order valence-corrected chi connectivity index (χ0v) is 12.4. The van der Waals surface area contributed by atoms with Gasteiger partial charge in [0.25, 0.3) is 5.95 Å². The minimum atomic E-state index is 0.357. The van der Waals surface area contributed by atoms with Crippen LogP contribution in [0.4, 0.5) is 5.95 Å². The molecular formula is C18H15N5. The van der Waals surface area contributed by atoms with Crippen LogP contribution in [-0.2, 0) is 0 Å². The molecule has 0 unspecified atom stereocenters. The summed E-state index contributed by atoms with van der Waals surface area (Å²) in [5.74, 6) is 0.357. The Kier molecular flexibility index (Phi) is 4.83. The summed E-state index contributed by atoms with van der Waals surface area (Å²) < 4.78 is 0. The lowest BCUT2D eigenvalue weighted by atomic mass is 10.2. The summed E-state index contributed by atoms with van der Waals surface area (Å²) >= 11 is 0. The van der Waals surface area contributed by atoms with E-state index >= 15 is 0 Å². The van der Waals surface area contributed by atoms with E-state index in [1.165, 1.54) is 0 Å². The topological polar surface area (TPSA) is 63.1 Å². The fourth-order valence-corrected chi connectivity index (χ4v) is 1.96. The van der Waals surface area contributed by atoms with Crippen molar-refractivity contribution in [2.75, 3.05) is 5.43 Å². The van der Waals surface area contributed by atoms with E-state index in [1.807, 2.05) is 72.8 Å². The van der Waals surface area contributed by atoms with Crippen molar-refractivity contribution < 1.29 is 0 Å². The largest absolute Gasteiger partial charge is 0.263 e. The van der Waals surface area contributed by atoms with Gasteiger partial charge in [-0.3, -0.25) is 0 Å². The van der Waals surface area contributed by atoms with E-state index in [2.05, 4.69) is 25.7 Å². The van der Waals surface area contributed by atoms with Gasteiger partial charge in [0.15, 0.2) is 0 Å². The van der Waals surface area contributed by atoms with Crippen LogP contribution < -0.4 is 5.43 Å². The van der Waals surface area contributed by atoms with Crippen LogP contribution in [0, 0.1) is 0 Å². The third-order valence-corrected chi connectivity index (χ3v) is 3.04. The number of allylic oxidation sites excluding steroid dienone is 1. The maximum absolute atomic E-state index is 4.38. The molecule has 0 saturated heterocycles. The Morgan fingerprint density at radius 3 is 2.43 bits per heavy atom. The molecule has 112 valence electrons. The predicted octanol–water partition coefficient (Wildman–Crippen LogP) is 3.65. The monoisotopic (exact) mass is 301 g/mol. The second kappa shape index (κ2) is 7.61. The molecular weight excluding hydrogens is 286 g/mol. The molecule has 0 spiro atoms. The summed E-state index contributed by atoms with van der Waals surface area (Å²) in [6, 6.07) is 19.8. The first kappa shape index (κ1) is 14.6. The average Bonchev–Trinajstić information content (AvgIpc) is 2.63. The number of benzene rings is 2. The SMILES string of the molecule is C(=Cc1ccccc1)C=NNc1nncc(-c2ccccc2)n1. The number of hydrogen-bond donors (Lipinski definition) is 1. The fourth-order valence-electron chi connectivity index (χ4n) is 1.96. The zero-order chi connectivity index (χ0) is 15.7. The van der Waals surface area contributed by atoms with E-state index in [1.54, 1.807) is 12.4 Å². The van der Waals surface area contributed by atoms with Crippen LogP contribution in [-0.4, -0.2) is 21.4 Å². The van der Waals surface area contributed by atoms with Crippen LogP contribution in [0.5, 0.6) is 0 Å². The van der Waals surface area contributed by atoms with Gasteiger partial charge in [-0.2, -0.15) is 10.2 Å². The molecule has 5 heteroatoms. The molecule has 0 bridgehead atoms. The standard InChI is InChI=1S/C18H15N5/c1-3-8-15(9-4-1)10-7-13-19-22-18-21-17(14-20-23-18)16-11-5-2-6-12-16/h1-14H,(H,21,22,23). The fraction of sp³-hybridized carbons (Fsp3) is 0. The van der Waals surface area contributed by atoms with Crippen molar-refractivity contribution in [2.45, 2.75) is 0 Å². The Hall–Kier alpha value is -3.34. The molecule has 2 aromatic carbocycles. The molecule has 0 aliphatic rings. The molecule has 1 N–H and O–H groups in total. The van der Waals surface area contributed by atoms with E-state index < -0.39 is 0 Å². The highest BCUT2D eigenvalue weighted by molar-refractivity contribution is 5.78. The highest BCUT2D eigenvalue weighted by Gasteiger charge is 2.01. The van der Waals surface area contributed by atoms with Crippen LogP contribution in [0.3, 0.4) is 0 Å². The van der Waals surface area contributed by atoms with E-state index in [0.717, 1.165) is 16.8 Å². The van der Waals surface area contributed by atoms with Crippen LogP contribution in [0.25, 0.3) is 17.3 Å². The third-order valence-electron chi connectivity index (χ3n) is 3.04. The van der Waals surface area contributed by atoms with Gasteiger partial charge in [-0.05, 0) is 11.6 Å². The van der Waals surface area contributed by atoms with Gasteiger partial charge in [0, 0.05) is 11.8 Å². The van der Waals surface area contributed by atoms with Gasteiger partial charge in [-0.25, -0.2) is 10.4 Å². The summed E-state index contributed by atoms with van der Waals surface area (Å²) in [5, 5.41) is 11.9. The summed E-state index contributed by atoms with van der Waals surface area (Å²) in [5.41, 5.74) is 5.62. The molecule has 1 aromatic heterocycles. The molecule has 23 heavy (non-hydrogen) atoms. The highest BCUT2D eigenvalue weighted by Crippen LogP contribution is 2.15. The van der Waals surface area contributed by atoms with Crippen LogP contribution in [0.15, 0.2) is 78.0 Å². The van der Waals surface area contributed by atoms with Gasteiger partial charge in [-0.1, -0.05) is 66.7 Å². The predicted molar refractivity (Wildman–Crippen MR) is 92.9 cm³/mol. The van der Waals surface area contributed by atoms with Gasteiger partial charge in [0.05, 0.1) is 11.9 Å². The molecule has 0 atom stereocenters. The molecule has 0 aliphatic carbocycles. The first-order chi connectivity index (χ1) is 11.4. The first-order valence-corrected chi connectivity index (χ1v) is 7.18. The van der Waals surface area contributed by atoms with Gasteiger partial charge < -0.3 is 0 Å². The lowest BCUT2D eigenvalue weighted by molar-refractivity contribution is 0.967. The van der Waals surface area contributed by atoms with E-state index in [-0.39, 0.29) is 0 Å². The molecule has 5 nitrogen and oxygen atoms in total. The Morgan fingerprint density at radius 1 is 0.913 bits per heavy atom. The molecule has 0 aliphatic heterocycles. The maximum Gasteiger partial charge on any atom is 0.263 e. The highest BCUT2D eigenvalue weighted by atomic mass is 15.4. The second-order valence-corrected chi connectivity index (χ2v) is 4.69. The number of nitrogens with zero attached hydrogens (tertiary/aromatic N) is 4. The summed E-state index contributed by atoms with van der Waals surface area (Å²) in [6.45, 7) is 0. The minimum absolute atomic E-state index is 0.357. The van der Waals surface area contributed by atoms with Crippen LogP contribution in [0.2, 0.25) is 0 Å². The molecule has 3 rings (SSSR count). The number of nitrogens with one attached hydrogen (secondary N) is 1. The van der Waals surface area contributed by atoms with Crippen LogP contribution >= 0.6 is 0 Å². The van der Waals surface area contributed by atoms with Crippen LogP contribution in [0.1, 0.15) is 5.56 Å². The first-order valence-electron chi connectivity index (χ1n) is 7.18. The van der Waals surface area contributed by atoms with Crippen molar-refractivity contribution in [3.8, 4) is 11.3 Å². The van der Waals surface area contributed by atoms with Gasteiger partial charge in [0.1, 0.15) is 0 Å². The number of rotatable bonds is 5. The van der Waals surface area contributed by atoms with Crippen molar-refractivity contribution in [1.82, 2.24) is 15.2 Å². The Bertz CT molecular complexity index is 798. The van der Waals surface area contributed by atoms with Gasteiger partial charge in [-0.15, -0.1) is 5.10 Å². The Morgan fingerprint density at radius 2 is 1.65 bits per heavy atom. The zero-order valence-electron chi connectivity index (χ0n) is 12.4. The normalized spacial score (nSPS) is 11.1. The quantitative estimate of drug-likeness (QED) is 0.577. The molecule has 0 amide bonds. The van der Waals surface area contributed by atoms with E-state index in [4.69, 9.17) is 0 Å². The lowest BCUT2D eigenvalue weighted by Crippen LogP contribution is -1.99. The maximum atomic E-state index is 4.38. The third kappa shape index (κ3) is 4.31. The summed E-state index contributed by atoms with van der Waals surface area (Å²) in [7, 11) is 0. The molecule has 0 saturated carbocycles. The molecule has 1 heterocycles. The molecule has 0 fully saturated rings. The number of aromatic nitrogens is 3. The van der Waals surface area contributed by atoms with Gasteiger partial charge in [0.2, 0.25) is 0 Å².